The molecule has 4 nitrogen and oxygen atoms in total. The summed E-state index contributed by atoms with van der Waals surface area (Å²) in [7, 11) is 0. The lowest BCUT2D eigenvalue weighted by Crippen LogP contribution is -2.07. The average Bonchev–Trinajstić information content (AvgIpc) is 2.50. The van der Waals surface area contributed by atoms with E-state index in [-0.39, 0.29) is 5.43 Å². The largest absolute Gasteiger partial charge is 0.490 e. The van der Waals surface area contributed by atoms with Crippen LogP contribution >= 0.6 is 0 Å². The first-order valence-electron chi connectivity index (χ1n) is 7.00. The van der Waals surface area contributed by atoms with Crippen molar-refractivity contribution in [2.24, 2.45) is 0 Å². The molecule has 0 aliphatic heterocycles. The number of hydrogen-bond donors (Lipinski definition) is 0. The van der Waals surface area contributed by atoms with E-state index >= 15 is 0 Å². The summed E-state index contributed by atoms with van der Waals surface area (Å²) < 4.78 is 17.0. The smallest absolute Gasteiger partial charge is 0.204 e. The third-order valence-electron chi connectivity index (χ3n) is 3.25. The lowest BCUT2D eigenvalue weighted by Gasteiger charge is -2.13. The predicted octanol–water partition coefficient (Wildman–Crippen LogP) is 3.74. The highest BCUT2D eigenvalue weighted by molar-refractivity contribution is 5.94. The van der Waals surface area contributed by atoms with Gasteiger partial charge in [-0.1, -0.05) is 12.1 Å². The van der Waals surface area contributed by atoms with E-state index in [1.165, 1.54) is 0 Å². The molecule has 0 amide bonds. The molecule has 0 bridgehead atoms. The zero-order valence-corrected chi connectivity index (χ0v) is 12.0. The molecule has 1 heterocycles. The van der Waals surface area contributed by atoms with Crippen molar-refractivity contribution < 1.29 is 13.9 Å². The third-order valence-corrected chi connectivity index (χ3v) is 3.25. The van der Waals surface area contributed by atoms with Crippen LogP contribution in [0, 0.1) is 0 Å². The van der Waals surface area contributed by atoms with Crippen LogP contribution < -0.4 is 14.9 Å². The van der Waals surface area contributed by atoms with Crippen LogP contribution in [0.5, 0.6) is 11.5 Å². The monoisotopic (exact) mass is 284 g/mol. The van der Waals surface area contributed by atoms with Crippen LogP contribution in [0.15, 0.2) is 45.6 Å². The first-order valence-corrected chi connectivity index (χ1v) is 7.00. The summed E-state index contributed by atoms with van der Waals surface area (Å²) in [6.45, 7) is 4.72. The van der Waals surface area contributed by atoms with Crippen molar-refractivity contribution >= 4 is 21.9 Å². The highest BCUT2D eigenvalue weighted by atomic mass is 16.5. The summed E-state index contributed by atoms with van der Waals surface area (Å²) in [4.78, 5) is 12.7. The Balaban J connectivity index is 2.42. The van der Waals surface area contributed by atoms with E-state index in [1.54, 1.807) is 24.3 Å². The first kappa shape index (κ1) is 13.5. The van der Waals surface area contributed by atoms with E-state index in [1.807, 2.05) is 26.0 Å². The molecule has 0 spiro atoms. The molecule has 2 aromatic carbocycles. The van der Waals surface area contributed by atoms with Gasteiger partial charge in [0.15, 0.2) is 11.5 Å². The van der Waals surface area contributed by atoms with Crippen LogP contribution in [0.1, 0.15) is 13.8 Å². The summed E-state index contributed by atoms with van der Waals surface area (Å²) in [5.41, 5.74) is 0.976. The number of rotatable bonds is 4. The lowest BCUT2D eigenvalue weighted by atomic mass is 10.1. The number of hydrogen-bond acceptors (Lipinski definition) is 4. The van der Waals surface area contributed by atoms with Gasteiger partial charge in [-0.15, -0.1) is 0 Å². The molecule has 108 valence electrons. The molecule has 0 atom stereocenters. The Bertz CT molecular complexity index is 848. The van der Waals surface area contributed by atoms with Gasteiger partial charge in [-0.3, -0.25) is 4.79 Å². The molecule has 3 aromatic rings. The van der Waals surface area contributed by atoms with Gasteiger partial charge in [-0.25, -0.2) is 0 Å². The molecule has 0 saturated heterocycles. The minimum Gasteiger partial charge on any atom is -0.490 e. The summed E-state index contributed by atoms with van der Waals surface area (Å²) >= 11 is 0. The zero-order valence-electron chi connectivity index (χ0n) is 12.0. The predicted molar refractivity (Wildman–Crippen MR) is 82.3 cm³/mol. The second-order valence-corrected chi connectivity index (χ2v) is 4.56. The van der Waals surface area contributed by atoms with Gasteiger partial charge >= 0.3 is 0 Å². The van der Waals surface area contributed by atoms with Crippen molar-refractivity contribution in [3.05, 3.63) is 46.6 Å². The van der Waals surface area contributed by atoms with Crippen LogP contribution in [0.2, 0.25) is 0 Å². The maximum Gasteiger partial charge on any atom is 0.204 e. The maximum atomic E-state index is 12.7. The van der Waals surface area contributed by atoms with Crippen molar-refractivity contribution in [1.82, 2.24) is 0 Å². The van der Waals surface area contributed by atoms with Crippen LogP contribution in [0.4, 0.5) is 0 Å². The SMILES string of the molecule is CCOc1ccc2oc3ccccc3c(=O)c2c1OCC. The van der Waals surface area contributed by atoms with E-state index in [9.17, 15) is 4.79 Å². The molecule has 0 N–H and O–H groups in total. The Morgan fingerprint density at radius 3 is 2.48 bits per heavy atom. The fourth-order valence-electron chi connectivity index (χ4n) is 2.40. The molecule has 21 heavy (non-hydrogen) atoms. The Labute approximate surface area is 121 Å². The number of fused-ring (bicyclic) bond motifs is 2. The normalized spacial score (nSPS) is 11.0. The number of ether oxygens (including phenoxy) is 2. The average molecular weight is 284 g/mol. The van der Waals surface area contributed by atoms with E-state index < -0.39 is 0 Å². The topological polar surface area (TPSA) is 48.7 Å². The van der Waals surface area contributed by atoms with Gasteiger partial charge in [0.25, 0.3) is 0 Å². The quantitative estimate of drug-likeness (QED) is 0.685. The Hall–Kier alpha value is -2.49. The van der Waals surface area contributed by atoms with Crippen molar-refractivity contribution in [3.63, 3.8) is 0 Å². The first-order chi connectivity index (χ1) is 10.3. The van der Waals surface area contributed by atoms with Gasteiger partial charge < -0.3 is 13.9 Å². The second-order valence-electron chi connectivity index (χ2n) is 4.56. The molecule has 0 aliphatic rings. The minimum atomic E-state index is -0.100. The van der Waals surface area contributed by atoms with Crippen molar-refractivity contribution in [2.45, 2.75) is 13.8 Å². The third kappa shape index (κ3) is 2.23. The molecule has 0 fully saturated rings. The van der Waals surface area contributed by atoms with E-state index in [0.717, 1.165) is 0 Å². The molecular formula is C17H16O4. The van der Waals surface area contributed by atoms with Gasteiger partial charge in [0.1, 0.15) is 16.6 Å². The van der Waals surface area contributed by atoms with Crippen LogP contribution in [-0.2, 0) is 0 Å². The van der Waals surface area contributed by atoms with Crippen LogP contribution in [-0.4, -0.2) is 13.2 Å². The zero-order chi connectivity index (χ0) is 14.8. The Kier molecular flexibility index (Phi) is 3.52. The molecule has 3 rings (SSSR count). The number of benzene rings is 2. The molecule has 0 aliphatic carbocycles. The summed E-state index contributed by atoms with van der Waals surface area (Å²) in [5.74, 6) is 1.02. The minimum absolute atomic E-state index is 0.100. The summed E-state index contributed by atoms with van der Waals surface area (Å²) in [6.07, 6.45) is 0. The maximum absolute atomic E-state index is 12.7. The van der Waals surface area contributed by atoms with Gasteiger partial charge in [0, 0.05) is 0 Å². The molecule has 0 saturated carbocycles. The fraction of sp³-hybridized carbons (Fsp3) is 0.235. The molecule has 0 unspecified atom stereocenters. The Morgan fingerprint density at radius 1 is 0.952 bits per heavy atom. The van der Waals surface area contributed by atoms with Gasteiger partial charge in [-0.05, 0) is 38.1 Å². The van der Waals surface area contributed by atoms with Crippen molar-refractivity contribution in [3.8, 4) is 11.5 Å². The Morgan fingerprint density at radius 2 is 1.71 bits per heavy atom. The standard InChI is InChI=1S/C17H16O4/c1-3-19-14-10-9-13-15(17(14)20-4-2)16(18)11-7-5-6-8-12(11)21-13/h5-10H,3-4H2,1-2H3. The second kappa shape index (κ2) is 5.48. The van der Waals surface area contributed by atoms with Gasteiger partial charge in [0.05, 0.1) is 18.6 Å². The fourth-order valence-corrected chi connectivity index (χ4v) is 2.40. The molecular weight excluding hydrogens is 268 g/mol. The van der Waals surface area contributed by atoms with Crippen LogP contribution in [0.25, 0.3) is 21.9 Å². The summed E-state index contributed by atoms with van der Waals surface area (Å²) in [5, 5.41) is 0.973. The molecule has 1 aromatic heterocycles. The van der Waals surface area contributed by atoms with Gasteiger partial charge in [-0.2, -0.15) is 0 Å². The highest BCUT2D eigenvalue weighted by Crippen LogP contribution is 2.35. The van der Waals surface area contributed by atoms with Crippen LogP contribution in [0.3, 0.4) is 0 Å². The van der Waals surface area contributed by atoms with E-state index in [4.69, 9.17) is 13.9 Å². The van der Waals surface area contributed by atoms with E-state index in [0.29, 0.717) is 46.7 Å². The molecule has 4 heteroatoms. The van der Waals surface area contributed by atoms with Crippen molar-refractivity contribution in [1.29, 1.82) is 0 Å². The number of para-hydroxylation sites is 1. The molecule has 0 radical (unpaired) electrons. The summed E-state index contributed by atoms with van der Waals surface area (Å²) in [6, 6.07) is 10.7. The lowest BCUT2D eigenvalue weighted by molar-refractivity contribution is 0.290. The highest BCUT2D eigenvalue weighted by Gasteiger charge is 2.16. The van der Waals surface area contributed by atoms with Crippen molar-refractivity contribution in [2.75, 3.05) is 13.2 Å². The van der Waals surface area contributed by atoms with Gasteiger partial charge in [0.2, 0.25) is 5.43 Å². The van der Waals surface area contributed by atoms with E-state index in [2.05, 4.69) is 0 Å².